The molecule has 2 atom stereocenters. The smallest absolute Gasteiger partial charge is 0.407 e. The van der Waals surface area contributed by atoms with Crippen molar-refractivity contribution in [2.45, 2.75) is 38.6 Å². The van der Waals surface area contributed by atoms with Crippen LogP contribution < -0.4 is 5.32 Å². The van der Waals surface area contributed by atoms with Gasteiger partial charge in [0.2, 0.25) is 0 Å². The van der Waals surface area contributed by atoms with Crippen molar-refractivity contribution >= 4 is 17.7 Å². The summed E-state index contributed by atoms with van der Waals surface area (Å²) in [6, 6.07) is 3.49. The Morgan fingerprint density at radius 1 is 1.38 bits per heavy atom. The molecule has 5 nitrogen and oxygen atoms in total. The highest BCUT2D eigenvalue weighted by molar-refractivity contribution is 6.30. The number of benzene rings is 1. The van der Waals surface area contributed by atoms with Crippen LogP contribution in [0.5, 0.6) is 0 Å². The highest BCUT2D eigenvalue weighted by Gasteiger charge is 2.22. The Balaban J connectivity index is 2.58. The first-order valence-corrected chi connectivity index (χ1v) is 6.75. The van der Waals surface area contributed by atoms with E-state index in [1.807, 2.05) is 0 Å². The second kappa shape index (κ2) is 7.06. The molecule has 3 N–H and O–H groups in total. The monoisotopic (exact) mass is 319 g/mol. The largest absolute Gasteiger partial charge is 0.444 e. The molecule has 0 aliphatic carbocycles. The SMILES string of the molecule is CC(C)(C)OC(=O)NCC(O)C(O)c1cc(F)cc(Cl)c1. The van der Waals surface area contributed by atoms with Crippen LogP contribution in [0.2, 0.25) is 5.02 Å². The number of rotatable bonds is 4. The molecular weight excluding hydrogens is 301 g/mol. The topological polar surface area (TPSA) is 78.8 Å². The lowest BCUT2D eigenvalue weighted by Crippen LogP contribution is -2.38. The molecule has 1 amide bonds. The fourth-order valence-corrected chi connectivity index (χ4v) is 1.81. The van der Waals surface area contributed by atoms with Gasteiger partial charge in [-0.1, -0.05) is 11.6 Å². The minimum atomic E-state index is -1.38. The fraction of sp³-hybridized carbons (Fsp3) is 0.500. The predicted molar refractivity (Wildman–Crippen MR) is 76.6 cm³/mol. The average molecular weight is 320 g/mol. The molecule has 1 aromatic rings. The van der Waals surface area contributed by atoms with Crippen LogP contribution >= 0.6 is 11.6 Å². The van der Waals surface area contributed by atoms with Crippen molar-refractivity contribution < 1.29 is 24.1 Å². The fourth-order valence-electron chi connectivity index (χ4n) is 1.58. The number of carbonyl (C=O) groups excluding carboxylic acids is 1. The van der Waals surface area contributed by atoms with Crippen LogP contribution in [-0.2, 0) is 4.74 Å². The van der Waals surface area contributed by atoms with Gasteiger partial charge in [-0.25, -0.2) is 9.18 Å². The van der Waals surface area contributed by atoms with Gasteiger partial charge < -0.3 is 20.3 Å². The van der Waals surface area contributed by atoms with Crippen molar-refractivity contribution in [2.24, 2.45) is 0 Å². The summed E-state index contributed by atoms with van der Waals surface area (Å²) in [5, 5.41) is 22.2. The van der Waals surface area contributed by atoms with E-state index in [0.717, 1.165) is 12.1 Å². The maximum Gasteiger partial charge on any atom is 0.407 e. The molecule has 1 rings (SSSR count). The third-order valence-corrected chi connectivity index (χ3v) is 2.66. The van der Waals surface area contributed by atoms with Crippen molar-refractivity contribution in [3.8, 4) is 0 Å². The summed E-state index contributed by atoms with van der Waals surface area (Å²) < 4.78 is 18.2. The van der Waals surface area contributed by atoms with Crippen LogP contribution in [0.4, 0.5) is 9.18 Å². The van der Waals surface area contributed by atoms with Gasteiger partial charge in [-0.2, -0.15) is 0 Å². The zero-order valence-corrected chi connectivity index (χ0v) is 12.8. The Hall–Kier alpha value is -1.37. The first-order valence-electron chi connectivity index (χ1n) is 6.37. The van der Waals surface area contributed by atoms with E-state index in [1.54, 1.807) is 20.8 Å². The van der Waals surface area contributed by atoms with Gasteiger partial charge >= 0.3 is 6.09 Å². The minimum Gasteiger partial charge on any atom is -0.444 e. The first kappa shape index (κ1) is 17.7. The molecule has 0 saturated heterocycles. The summed E-state index contributed by atoms with van der Waals surface area (Å²) in [6.07, 6.45) is -3.42. The molecule has 0 saturated carbocycles. The Morgan fingerprint density at radius 3 is 2.52 bits per heavy atom. The highest BCUT2D eigenvalue weighted by atomic mass is 35.5. The molecule has 0 radical (unpaired) electrons. The minimum absolute atomic E-state index is 0.108. The maximum absolute atomic E-state index is 13.2. The number of ether oxygens (including phenoxy) is 1. The number of aliphatic hydroxyl groups excluding tert-OH is 2. The van der Waals surface area contributed by atoms with Crippen LogP contribution in [0.15, 0.2) is 18.2 Å². The maximum atomic E-state index is 13.2. The molecule has 2 unspecified atom stereocenters. The standard InChI is InChI=1S/C14H19ClFNO4/c1-14(2,3)21-13(20)17-7-11(18)12(19)8-4-9(15)6-10(16)5-8/h4-6,11-12,18-19H,7H2,1-3H3,(H,17,20). The number of amides is 1. The normalized spacial score (nSPS) is 14.4. The molecule has 0 fully saturated rings. The summed E-state index contributed by atoms with van der Waals surface area (Å²) >= 11 is 5.68. The average Bonchev–Trinajstić information content (AvgIpc) is 2.31. The van der Waals surface area contributed by atoms with Crippen LogP contribution in [0.1, 0.15) is 32.4 Å². The van der Waals surface area contributed by atoms with Gasteiger partial charge in [0.25, 0.3) is 0 Å². The van der Waals surface area contributed by atoms with E-state index in [4.69, 9.17) is 16.3 Å². The second-order valence-electron chi connectivity index (χ2n) is 5.60. The highest BCUT2D eigenvalue weighted by Crippen LogP contribution is 2.22. The summed E-state index contributed by atoms with van der Waals surface area (Å²) in [6.45, 7) is 4.86. The van der Waals surface area contributed by atoms with E-state index in [9.17, 15) is 19.4 Å². The Bertz CT molecular complexity index is 484. The van der Waals surface area contributed by atoms with Gasteiger partial charge in [-0.3, -0.25) is 0 Å². The molecule has 0 aromatic heterocycles. The number of carbonyl (C=O) groups is 1. The zero-order valence-electron chi connectivity index (χ0n) is 12.1. The Morgan fingerprint density at radius 2 is 2.00 bits per heavy atom. The van der Waals surface area contributed by atoms with Crippen molar-refractivity contribution in [1.82, 2.24) is 5.32 Å². The molecular formula is C14H19ClFNO4. The third kappa shape index (κ3) is 6.29. The molecule has 0 spiro atoms. The van der Waals surface area contributed by atoms with Crippen LogP contribution in [0.3, 0.4) is 0 Å². The van der Waals surface area contributed by atoms with Crippen molar-refractivity contribution in [3.05, 3.63) is 34.6 Å². The van der Waals surface area contributed by atoms with Gasteiger partial charge in [-0.05, 0) is 44.5 Å². The lowest BCUT2D eigenvalue weighted by atomic mass is 10.0. The van der Waals surface area contributed by atoms with Gasteiger partial charge in [0.15, 0.2) is 0 Å². The predicted octanol–water partition coefficient (Wildman–Crippen LogP) is 2.40. The lowest BCUT2D eigenvalue weighted by molar-refractivity contribution is 0.0128. The Labute approximate surface area is 127 Å². The van der Waals surface area contributed by atoms with Crippen LogP contribution in [0.25, 0.3) is 0 Å². The number of alkyl carbamates (subject to hydrolysis) is 1. The summed E-state index contributed by atoms with van der Waals surface area (Å²) in [5.74, 6) is -0.621. The lowest BCUT2D eigenvalue weighted by Gasteiger charge is -2.22. The summed E-state index contributed by atoms with van der Waals surface area (Å²) in [7, 11) is 0. The first-order chi connectivity index (χ1) is 9.58. The van der Waals surface area contributed by atoms with Crippen molar-refractivity contribution in [1.29, 1.82) is 0 Å². The molecule has 0 bridgehead atoms. The molecule has 21 heavy (non-hydrogen) atoms. The molecule has 7 heteroatoms. The second-order valence-corrected chi connectivity index (χ2v) is 6.03. The summed E-state index contributed by atoms with van der Waals surface area (Å²) in [5.41, 5.74) is -0.539. The van der Waals surface area contributed by atoms with Gasteiger partial charge in [-0.15, -0.1) is 0 Å². The van der Waals surface area contributed by atoms with Crippen LogP contribution in [0, 0.1) is 5.82 Å². The quantitative estimate of drug-likeness (QED) is 0.796. The van der Waals surface area contributed by atoms with Gasteiger partial charge in [0.1, 0.15) is 23.6 Å². The van der Waals surface area contributed by atoms with Crippen LogP contribution in [-0.4, -0.2) is 34.6 Å². The zero-order chi connectivity index (χ0) is 16.2. The molecule has 0 aliphatic rings. The van der Waals surface area contributed by atoms with Crippen molar-refractivity contribution in [3.63, 3.8) is 0 Å². The number of hydrogen-bond donors (Lipinski definition) is 3. The van der Waals surface area contributed by atoms with E-state index in [-0.39, 0.29) is 17.1 Å². The number of hydrogen-bond acceptors (Lipinski definition) is 4. The summed E-state index contributed by atoms with van der Waals surface area (Å²) in [4.78, 5) is 11.4. The third-order valence-electron chi connectivity index (χ3n) is 2.45. The van der Waals surface area contributed by atoms with E-state index in [1.165, 1.54) is 6.07 Å². The number of nitrogens with one attached hydrogen (secondary N) is 1. The molecule has 0 heterocycles. The van der Waals surface area contributed by atoms with E-state index in [2.05, 4.69) is 5.32 Å². The number of aliphatic hydroxyl groups is 2. The number of halogens is 2. The Kier molecular flexibility index (Phi) is 5.95. The van der Waals surface area contributed by atoms with Gasteiger partial charge in [0, 0.05) is 11.6 Å². The van der Waals surface area contributed by atoms with E-state index < -0.39 is 29.7 Å². The van der Waals surface area contributed by atoms with E-state index >= 15 is 0 Å². The molecule has 0 aliphatic heterocycles. The van der Waals surface area contributed by atoms with Crippen molar-refractivity contribution in [2.75, 3.05) is 6.54 Å². The van der Waals surface area contributed by atoms with Gasteiger partial charge in [0.05, 0.1) is 0 Å². The molecule has 118 valence electrons. The molecule has 1 aromatic carbocycles. The van der Waals surface area contributed by atoms with E-state index in [0.29, 0.717) is 0 Å².